The normalized spacial score (nSPS) is 10.5. The van der Waals surface area contributed by atoms with Crippen molar-refractivity contribution in [2.45, 2.75) is 0 Å². The highest BCUT2D eigenvalue weighted by Crippen LogP contribution is 2.23. The summed E-state index contributed by atoms with van der Waals surface area (Å²) in [6.45, 7) is -0.264. The first kappa shape index (κ1) is 13.8. The van der Waals surface area contributed by atoms with Gasteiger partial charge in [-0.1, -0.05) is 23.4 Å². The fourth-order valence-electron chi connectivity index (χ4n) is 1.02. The lowest BCUT2D eigenvalue weighted by Gasteiger charge is -2.08. The molecule has 0 heterocycles. The van der Waals surface area contributed by atoms with Gasteiger partial charge in [0, 0.05) is 12.6 Å². The molecule has 3 N–H and O–H groups in total. The van der Waals surface area contributed by atoms with Crippen molar-refractivity contribution >= 4 is 27.5 Å². The summed E-state index contributed by atoms with van der Waals surface area (Å²) in [5, 5.41) is 8.82. The van der Waals surface area contributed by atoms with E-state index in [0.717, 1.165) is 0 Å². The van der Waals surface area contributed by atoms with E-state index in [1.54, 1.807) is 6.07 Å². The Balaban J connectivity index is 3.07. The zero-order valence-electron chi connectivity index (χ0n) is 8.99. The summed E-state index contributed by atoms with van der Waals surface area (Å²) >= 11 is 5.84. The summed E-state index contributed by atoms with van der Waals surface area (Å²) in [5.41, 5.74) is 0.781. The van der Waals surface area contributed by atoms with Crippen molar-refractivity contribution in [1.82, 2.24) is 4.72 Å². The highest BCUT2D eigenvalue weighted by Gasteiger charge is 2.09. The predicted molar refractivity (Wildman–Crippen MR) is 67.0 cm³/mol. The summed E-state index contributed by atoms with van der Waals surface area (Å²) in [4.78, 5) is 0. The van der Waals surface area contributed by atoms with Crippen LogP contribution in [0.25, 0.3) is 0 Å². The maximum absolute atomic E-state index is 11.3. The van der Waals surface area contributed by atoms with E-state index in [1.807, 2.05) is 0 Å². The molecule has 5 nitrogen and oxygen atoms in total. The summed E-state index contributed by atoms with van der Waals surface area (Å²) < 4.78 is 26.9. The zero-order valence-corrected chi connectivity index (χ0v) is 10.6. The first-order valence-corrected chi connectivity index (χ1v) is 6.45. The van der Waals surface area contributed by atoms with E-state index in [0.29, 0.717) is 5.56 Å². The lowest BCUT2D eigenvalue weighted by molar-refractivity contribution is 0.350. The van der Waals surface area contributed by atoms with Crippen LogP contribution in [0.2, 0.25) is 5.02 Å². The summed E-state index contributed by atoms with van der Waals surface area (Å²) in [6, 6.07) is 4.64. The molecule has 0 aliphatic carbocycles. The minimum Gasteiger partial charge on any atom is -0.384 e. The molecule has 1 aromatic carbocycles. The average Bonchev–Trinajstić information content (AvgIpc) is 2.30. The number of rotatable bonds is 3. The van der Waals surface area contributed by atoms with Crippen LogP contribution < -0.4 is 9.44 Å². The molecule has 0 unspecified atom stereocenters. The van der Waals surface area contributed by atoms with Crippen molar-refractivity contribution in [3.8, 4) is 11.8 Å². The highest BCUT2D eigenvalue weighted by atomic mass is 35.5. The largest absolute Gasteiger partial charge is 0.384 e. The van der Waals surface area contributed by atoms with Crippen molar-refractivity contribution in [2.24, 2.45) is 0 Å². The van der Waals surface area contributed by atoms with Gasteiger partial charge in [-0.25, -0.2) is 4.72 Å². The first-order valence-electron chi connectivity index (χ1n) is 4.59. The van der Waals surface area contributed by atoms with Crippen LogP contribution in [0.1, 0.15) is 5.56 Å². The molecule has 0 aromatic heterocycles. The van der Waals surface area contributed by atoms with E-state index in [4.69, 9.17) is 16.7 Å². The van der Waals surface area contributed by atoms with Crippen LogP contribution in [0.15, 0.2) is 18.2 Å². The second kappa shape index (κ2) is 5.89. The van der Waals surface area contributed by atoms with E-state index in [9.17, 15) is 8.42 Å². The molecule has 92 valence electrons. The smallest absolute Gasteiger partial charge is 0.298 e. The molecule has 0 saturated carbocycles. The van der Waals surface area contributed by atoms with Crippen LogP contribution in [0.3, 0.4) is 0 Å². The third kappa shape index (κ3) is 4.24. The number of anilines is 1. The molecule has 7 heteroatoms. The van der Waals surface area contributed by atoms with Crippen molar-refractivity contribution in [3.05, 3.63) is 28.8 Å². The zero-order chi connectivity index (χ0) is 12.9. The molecule has 17 heavy (non-hydrogen) atoms. The number of aliphatic hydroxyl groups is 1. The molecular weight excluding hydrogens is 264 g/mol. The van der Waals surface area contributed by atoms with Crippen LogP contribution in [0, 0.1) is 11.8 Å². The minimum atomic E-state index is -3.61. The van der Waals surface area contributed by atoms with E-state index >= 15 is 0 Å². The van der Waals surface area contributed by atoms with Gasteiger partial charge in [-0.2, -0.15) is 8.42 Å². The van der Waals surface area contributed by atoms with Gasteiger partial charge in [-0.05, 0) is 18.2 Å². The minimum absolute atomic E-state index is 0.228. The Bertz CT molecular complexity index is 561. The lowest BCUT2D eigenvalue weighted by Crippen LogP contribution is -2.26. The van der Waals surface area contributed by atoms with Gasteiger partial charge in [0.2, 0.25) is 0 Å². The third-order valence-corrected chi connectivity index (χ3v) is 3.15. The van der Waals surface area contributed by atoms with Gasteiger partial charge in [0.1, 0.15) is 6.61 Å². The molecule has 0 aliphatic rings. The Morgan fingerprint density at radius 3 is 2.76 bits per heavy atom. The maximum atomic E-state index is 11.3. The summed E-state index contributed by atoms with van der Waals surface area (Å²) in [5.74, 6) is 5.11. The highest BCUT2D eigenvalue weighted by molar-refractivity contribution is 7.90. The maximum Gasteiger partial charge on any atom is 0.298 e. The molecule has 0 fully saturated rings. The molecule has 0 amide bonds. The van der Waals surface area contributed by atoms with Gasteiger partial charge in [0.25, 0.3) is 10.2 Å². The number of hydrogen-bond acceptors (Lipinski definition) is 3. The van der Waals surface area contributed by atoms with Crippen LogP contribution in [-0.2, 0) is 10.2 Å². The van der Waals surface area contributed by atoms with Gasteiger partial charge < -0.3 is 5.11 Å². The fourth-order valence-corrected chi connectivity index (χ4v) is 1.80. The summed E-state index contributed by atoms with van der Waals surface area (Å²) in [7, 11) is -2.33. The van der Waals surface area contributed by atoms with Gasteiger partial charge in [-0.3, -0.25) is 4.72 Å². The van der Waals surface area contributed by atoms with Gasteiger partial charge in [-0.15, -0.1) is 0 Å². The van der Waals surface area contributed by atoms with Crippen molar-refractivity contribution in [2.75, 3.05) is 18.4 Å². The molecule has 0 saturated heterocycles. The van der Waals surface area contributed by atoms with Crippen LogP contribution in [0.4, 0.5) is 5.69 Å². The molecule has 0 bridgehead atoms. The second-order valence-electron chi connectivity index (χ2n) is 2.96. The average molecular weight is 275 g/mol. The molecule has 1 rings (SSSR count). The molecule has 0 spiro atoms. The number of halogens is 1. The quantitative estimate of drug-likeness (QED) is 0.705. The Kier molecular flexibility index (Phi) is 4.78. The Morgan fingerprint density at radius 1 is 1.47 bits per heavy atom. The van der Waals surface area contributed by atoms with Gasteiger partial charge >= 0.3 is 0 Å². The molecule has 1 aromatic rings. The SMILES string of the molecule is CNS(=O)(=O)Nc1cc(C#CCO)ccc1Cl. The standard InChI is InChI=1S/C10H11ClN2O3S/c1-12-17(15,16)13-10-7-8(3-2-6-14)4-5-9(10)11/h4-5,7,12-14H,6H2,1H3. The fraction of sp³-hybridized carbons (Fsp3) is 0.200. The topological polar surface area (TPSA) is 78.4 Å². The van der Waals surface area contributed by atoms with E-state index in [-0.39, 0.29) is 17.3 Å². The molecule has 0 atom stereocenters. The molecule has 0 radical (unpaired) electrons. The van der Waals surface area contributed by atoms with Crippen LogP contribution in [0.5, 0.6) is 0 Å². The van der Waals surface area contributed by atoms with Crippen LogP contribution >= 0.6 is 11.6 Å². The molecule has 0 aliphatic heterocycles. The van der Waals surface area contributed by atoms with Crippen molar-refractivity contribution in [3.63, 3.8) is 0 Å². The van der Waals surface area contributed by atoms with Crippen molar-refractivity contribution < 1.29 is 13.5 Å². The van der Waals surface area contributed by atoms with Gasteiger partial charge in [0.05, 0.1) is 10.7 Å². The number of aliphatic hydroxyl groups excluding tert-OH is 1. The summed E-state index contributed by atoms with van der Waals surface area (Å²) in [6.07, 6.45) is 0. The third-order valence-electron chi connectivity index (χ3n) is 1.79. The van der Waals surface area contributed by atoms with E-state index < -0.39 is 10.2 Å². The van der Waals surface area contributed by atoms with Crippen LogP contribution in [-0.4, -0.2) is 27.2 Å². The number of nitrogens with one attached hydrogen (secondary N) is 2. The number of benzene rings is 1. The number of hydrogen-bond donors (Lipinski definition) is 3. The Labute approximate surface area is 105 Å². The molecular formula is C10H11ClN2O3S. The predicted octanol–water partition coefficient (Wildman–Crippen LogP) is 0.560. The lowest BCUT2D eigenvalue weighted by atomic mass is 10.2. The van der Waals surface area contributed by atoms with E-state index in [1.165, 1.54) is 19.2 Å². The first-order chi connectivity index (χ1) is 7.98. The van der Waals surface area contributed by atoms with Gasteiger partial charge in [0.15, 0.2) is 0 Å². The monoisotopic (exact) mass is 274 g/mol. The van der Waals surface area contributed by atoms with E-state index in [2.05, 4.69) is 21.3 Å². The second-order valence-corrected chi connectivity index (χ2v) is 4.99. The van der Waals surface area contributed by atoms with Crippen molar-refractivity contribution in [1.29, 1.82) is 0 Å². The Hall–Kier alpha value is -1.26. The Morgan fingerprint density at radius 2 is 2.18 bits per heavy atom.